The van der Waals surface area contributed by atoms with Crippen LogP contribution in [0.15, 0.2) is 12.1 Å². The molecule has 9 heterocycles. The van der Waals surface area contributed by atoms with Crippen LogP contribution in [0.4, 0.5) is 0 Å². The van der Waals surface area contributed by atoms with E-state index in [4.69, 9.17) is 54.8 Å². The maximum absolute atomic E-state index is 13.5. The van der Waals surface area contributed by atoms with Gasteiger partial charge in [-0.15, -0.1) is 0 Å². The van der Waals surface area contributed by atoms with Gasteiger partial charge in [-0.05, 0) is 126 Å². The van der Waals surface area contributed by atoms with E-state index in [1.54, 1.807) is 12.1 Å². The normalized spacial score (nSPS) is 50.3. The fourth-order valence-electron chi connectivity index (χ4n) is 12.4. The van der Waals surface area contributed by atoms with E-state index in [0.717, 1.165) is 51.4 Å². The Bertz CT molecular complexity index is 1480. The monoisotopic (exact) mass is 759 g/mol. The number of rotatable bonds is 7. The minimum Gasteiger partial charge on any atom is -0.462 e. The summed E-state index contributed by atoms with van der Waals surface area (Å²) in [6, 6.07) is 3.27. The molecule has 11 rings (SSSR count). The number of hydrogen-bond acceptors (Lipinski definition) is 11. The summed E-state index contributed by atoms with van der Waals surface area (Å²) < 4.78 is 33.7. The van der Waals surface area contributed by atoms with Crippen LogP contribution < -0.4 is 0 Å². The first-order valence-electron chi connectivity index (χ1n) is 20.4. The third-order valence-corrected chi connectivity index (χ3v) is 15.5. The number of halogens is 1. The Balaban J connectivity index is 1.00. The van der Waals surface area contributed by atoms with Gasteiger partial charge in [0.25, 0.3) is 0 Å². The molecular weight excluding hydrogens is 702 g/mol. The minimum absolute atomic E-state index is 0.0802. The van der Waals surface area contributed by atoms with Crippen LogP contribution in [-0.4, -0.2) is 65.1 Å². The molecule has 4 bridgehead atoms. The lowest BCUT2D eigenvalue weighted by atomic mass is 9.56. The second-order valence-electron chi connectivity index (χ2n) is 18.6. The molecule has 294 valence electrons. The molecule has 2 unspecified atom stereocenters. The van der Waals surface area contributed by atoms with Crippen LogP contribution in [-0.2, 0) is 43.2 Å². The van der Waals surface area contributed by atoms with Gasteiger partial charge in [-0.2, -0.15) is 0 Å². The summed E-state index contributed by atoms with van der Waals surface area (Å²) in [7, 11) is 0. The van der Waals surface area contributed by atoms with Crippen LogP contribution in [0.2, 0.25) is 5.15 Å². The Morgan fingerprint density at radius 2 is 1.28 bits per heavy atom. The van der Waals surface area contributed by atoms with Gasteiger partial charge in [0.15, 0.2) is 23.8 Å². The lowest BCUT2D eigenvalue weighted by molar-refractivity contribution is -0.571. The number of aromatic nitrogens is 1. The molecule has 0 N–H and O–H groups in total. The van der Waals surface area contributed by atoms with E-state index in [1.807, 2.05) is 20.8 Å². The second kappa shape index (κ2) is 13.3. The van der Waals surface area contributed by atoms with Crippen molar-refractivity contribution in [1.82, 2.24) is 4.98 Å². The highest BCUT2D eigenvalue weighted by Gasteiger charge is 2.71. The Morgan fingerprint density at radius 3 is 1.77 bits per heavy atom. The highest BCUT2D eigenvalue weighted by molar-refractivity contribution is 6.29. The fraction of sp³-hybridized carbons (Fsp3) is 0.854. The summed E-state index contributed by atoms with van der Waals surface area (Å²) in [5, 5.41) is 0.264. The fourth-order valence-corrected chi connectivity index (χ4v) is 12.7. The second-order valence-corrected chi connectivity index (χ2v) is 19.0. The SMILES string of the molecule is Cc1cc(C(=O)OCC(C[C@H]2O[C@@H]3OC4(C)CC[C@H]5[C@H](C)CC[C@@H]([C@H]2C)[C@@]35OO4)C[C@H]2O[C@@H]3OC4(C)CC[C@H]5[C@H](C)CC[C@@H]([C@H]2C)[C@@]35OO4)cc(Cl)n1. The summed E-state index contributed by atoms with van der Waals surface area (Å²) in [5.41, 5.74) is -0.223. The van der Waals surface area contributed by atoms with Crippen LogP contribution >= 0.6 is 11.6 Å². The number of fused-ring (bicyclic) bond motifs is 4. The number of hydrogen-bond donors (Lipinski definition) is 0. The number of ether oxygens (including phenoxy) is 5. The van der Waals surface area contributed by atoms with Crippen molar-refractivity contribution in [3.05, 3.63) is 28.5 Å². The topological polar surface area (TPSA) is 113 Å². The summed E-state index contributed by atoms with van der Waals surface area (Å²) in [4.78, 5) is 42.8. The molecule has 0 aromatic carbocycles. The molecule has 1 aromatic rings. The van der Waals surface area contributed by atoms with Crippen molar-refractivity contribution in [2.24, 2.45) is 53.3 Å². The molecule has 2 aliphatic carbocycles. The van der Waals surface area contributed by atoms with E-state index in [1.165, 1.54) is 0 Å². The Kier molecular flexibility index (Phi) is 9.36. The molecule has 12 heteroatoms. The van der Waals surface area contributed by atoms with Gasteiger partial charge in [0, 0.05) is 30.4 Å². The highest BCUT2D eigenvalue weighted by Crippen LogP contribution is 2.63. The number of aryl methyl sites for hydroxylation is 1. The molecule has 2 saturated carbocycles. The summed E-state index contributed by atoms with van der Waals surface area (Å²) in [5.74, 6) is 0.0971. The zero-order chi connectivity index (χ0) is 37.1. The van der Waals surface area contributed by atoms with E-state index in [9.17, 15) is 4.79 Å². The van der Waals surface area contributed by atoms with Crippen LogP contribution in [0.5, 0.6) is 0 Å². The van der Waals surface area contributed by atoms with Gasteiger partial charge in [-0.3, -0.25) is 0 Å². The van der Waals surface area contributed by atoms with Crippen LogP contribution in [0.25, 0.3) is 0 Å². The van der Waals surface area contributed by atoms with E-state index in [0.29, 0.717) is 47.8 Å². The molecule has 2 spiro atoms. The lowest BCUT2D eigenvalue weighted by Gasteiger charge is -2.61. The van der Waals surface area contributed by atoms with Crippen molar-refractivity contribution in [3.8, 4) is 0 Å². The van der Waals surface area contributed by atoms with Crippen molar-refractivity contribution in [3.63, 3.8) is 0 Å². The van der Waals surface area contributed by atoms with Gasteiger partial charge in [-0.25, -0.2) is 29.3 Å². The lowest BCUT2D eigenvalue weighted by Crippen LogP contribution is -2.70. The average molecular weight is 760 g/mol. The largest absolute Gasteiger partial charge is 0.462 e. The zero-order valence-corrected chi connectivity index (χ0v) is 33.1. The summed E-state index contributed by atoms with van der Waals surface area (Å²) >= 11 is 6.24. The first-order valence-corrected chi connectivity index (χ1v) is 20.8. The molecule has 10 fully saturated rings. The van der Waals surface area contributed by atoms with Crippen molar-refractivity contribution in [1.29, 1.82) is 0 Å². The Hall–Kier alpha value is -1.41. The van der Waals surface area contributed by atoms with Crippen LogP contribution in [0.1, 0.15) is 122 Å². The smallest absolute Gasteiger partial charge is 0.338 e. The van der Waals surface area contributed by atoms with Gasteiger partial charge >= 0.3 is 5.97 Å². The average Bonchev–Trinajstić information content (AvgIpc) is 3.49. The van der Waals surface area contributed by atoms with Crippen molar-refractivity contribution in [2.45, 2.75) is 160 Å². The van der Waals surface area contributed by atoms with E-state index in [2.05, 4.69) is 32.7 Å². The number of carbonyl (C=O) groups is 1. The molecule has 0 radical (unpaired) electrons. The molecular formula is C41H58ClNO10. The molecule has 16 atom stereocenters. The maximum Gasteiger partial charge on any atom is 0.338 e. The highest BCUT2D eigenvalue weighted by atomic mass is 35.5. The Labute approximate surface area is 318 Å². The van der Waals surface area contributed by atoms with Gasteiger partial charge in [0.1, 0.15) is 5.15 Å². The van der Waals surface area contributed by atoms with Crippen LogP contribution in [0.3, 0.4) is 0 Å². The molecule has 10 aliphatic rings. The van der Waals surface area contributed by atoms with E-state index >= 15 is 0 Å². The zero-order valence-electron chi connectivity index (χ0n) is 32.3. The van der Waals surface area contributed by atoms with E-state index < -0.39 is 41.3 Å². The third-order valence-electron chi connectivity index (χ3n) is 15.3. The predicted molar refractivity (Wildman–Crippen MR) is 191 cm³/mol. The molecule has 8 aliphatic heterocycles. The standard InChI is InChI=1S/C41H58ClNO10/c1-21-8-10-30-24(4)32(46-36-40(30)28(21)12-14-38(6,48-36)50-52-40)17-26(20-45-35(44)27-16-23(3)43-34(42)19-27)18-33-25(5)31-11-9-22(2)29-13-15-39(7)49-37(47-33)41(29,31)53-51-39/h16,19,21-22,24-26,28-33,36-37H,8-15,17-18,20H2,1-7H3/t21-,22-,24-,25-,26?,28+,29+,30+,31+,32-,33-,36-,37-,38?,39?,40-,41-/m1/s1. The maximum atomic E-state index is 13.5. The molecule has 11 nitrogen and oxygen atoms in total. The first kappa shape index (κ1) is 37.2. The minimum atomic E-state index is -0.848. The Morgan fingerprint density at radius 1 is 0.774 bits per heavy atom. The van der Waals surface area contributed by atoms with Crippen molar-refractivity contribution >= 4 is 17.6 Å². The first-order chi connectivity index (χ1) is 25.2. The summed E-state index contributed by atoms with van der Waals surface area (Å²) in [6.07, 6.45) is 7.78. The van der Waals surface area contributed by atoms with Gasteiger partial charge in [-0.1, -0.05) is 39.3 Å². The third kappa shape index (κ3) is 5.96. The van der Waals surface area contributed by atoms with Gasteiger partial charge in [0.05, 0.1) is 24.4 Å². The molecule has 8 saturated heterocycles. The quantitative estimate of drug-likeness (QED) is 0.153. The number of nitrogens with zero attached hydrogens (tertiary/aromatic N) is 1. The van der Waals surface area contributed by atoms with E-state index in [-0.39, 0.29) is 53.6 Å². The predicted octanol–water partition coefficient (Wildman–Crippen LogP) is 8.10. The summed E-state index contributed by atoms with van der Waals surface area (Å²) in [6.45, 7) is 15.2. The van der Waals surface area contributed by atoms with Crippen molar-refractivity contribution in [2.75, 3.05) is 6.61 Å². The van der Waals surface area contributed by atoms with Crippen LogP contribution in [0, 0.1) is 60.2 Å². The molecule has 1 aromatic heterocycles. The molecule has 0 amide bonds. The van der Waals surface area contributed by atoms with Gasteiger partial charge < -0.3 is 23.7 Å². The number of esters is 1. The molecule has 53 heavy (non-hydrogen) atoms. The van der Waals surface area contributed by atoms with Gasteiger partial charge in [0.2, 0.25) is 11.6 Å². The number of carbonyl (C=O) groups excluding carboxylic acids is 1. The number of pyridine rings is 1. The van der Waals surface area contributed by atoms with Crippen molar-refractivity contribution < 1.29 is 48.0 Å².